The lowest BCUT2D eigenvalue weighted by molar-refractivity contribution is 0.414. The van der Waals surface area contributed by atoms with Gasteiger partial charge in [-0.1, -0.05) is 23.2 Å². The van der Waals surface area contributed by atoms with E-state index >= 15 is 0 Å². The van der Waals surface area contributed by atoms with E-state index in [2.05, 4.69) is 0 Å². The van der Waals surface area contributed by atoms with Crippen molar-refractivity contribution < 1.29 is 9.15 Å². The van der Waals surface area contributed by atoms with Crippen LogP contribution in [0.25, 0.3) is 22.3 Å². The summed E-state index contributed by atoms with van der Waals surface area (Å²) in [6.45, 7) is 0. The third-order valence-electron chi connectivity index (χ3n) is 3.14. The lowest BCUT2D eigenvalue weighted by Crippen LogP contribution is -2.00. The van der Waals surface area contributed by atoms with E-state index in [-0.39, 0.29) is 5.43 Å². The van der Waals surface area contributed by atoms with Crippen LogP contribution in [0.5, 0.6) is 5.75 Å². The predicted octanol–water partition coefficient (Wildman–Crippen LogP) is 4.78. The first-order chi connectivity index (χ1) is 10.1. The minimum atomic E-state index is -0.125. The van der Waals surface area contributed by atoms with E-state index < -0.39 is 0 Å². The molecule has 3 aromatic rings. The van der Waals surface area contributed by atoms with Gasteiger partial charge in [0.15, 0.2) is 5.43 Å². The van der Waals surface area contributed by atoms with Gasteiger partial charge >= 0.3 is 0 Å². The molecular weight excluding hydrogens is 311 g/mol. The Hall–Kier alpha value is -1.97. The normalized spacial score (nSPS) is 10.8. The van der Waals surface area contributed by atoms with Gasteiger partial charge in [-0.05, 0) is 30.3 Å². The zero-order valence-corrected chi connectivity index (χ0v) is 12.5. The van der Waals surface area contributed by atoms with Crippen molar-refractivity contribution in [1.82, 2.24) is 0 Å². The molecule has 1 heterocycles. The fraction of sp³-hybridized carbons (Fsp3) is 0.0625. The van der Waals surface area contributed by atoms with Crippen molar-refractivity contribution in [3.05, 3.63) is 62.7 Å². The third kappa shape index (κ3) is 2.62. The molecule has 0 saturated carbocycles. The molecule has 0 aliphatic rings. The maximum Gasteiger partial charge on any atom is 0.193 e. The Morgan fingerprint density at radius 3 is 2.52 bits per heavy atom. The second-order valence-corrected chi connectivity index (χ2v) is 5.28. The van der Waals surface area contributed by atoms with E-state index in [1.807, 2.05) is 0 Å². The molecule has 0 N–H and O–H groups in total. The number of hydrogen-bond acceptors (Lipinski definition) is 3. The summed E-state index contributed by atoms with van der Waals surface area (Å²) in [4.78, 5) is 12.2. The molecule has 0 radical (unpaired) electrons. The number of halogens is 2. The highest BCUT2D eigenvalue weighted by molar-refractivity contribution is 6.42. The lowest BCUT2D eigenvalue weighted by atomic mass is 10.1. The van der Waals surface area contributed by atoms with Crippen molar-refractivity contribution in [1.29, 1.82) is 0 Å². The molecule has 0 aliphatic carbocycles. The van der Waals surface area contributed by atoms with Crippen molar-refractivity contribution in [3.63, 3.8) is 0 Å². The molecule has 3 nitrogen and oxygen atoms in total. The van der Waals surface area contributed by atoms with Crippen LogP contribution in [0.15, 0.2) is 51.7 Å². The Morgan fingerprint density at radius 2 is 1.81 bits per heavy atom. The van der Waals surface area contributed by atoms with Crippen molar-refractivity contribution in [2.45, 2.75) is 0 Å². The number of fused-ring (bicyclic) bond motifs is 1. The predicted molar refractivity (Wildman–Crippen MR) is 84.5 cm³/mol. The van der Waals surface area contributed by atoms with Crippen LogP contribution in [-0.4, -0.2) is 7.11 Å². The van der Waals surface area contributed by atoms with Crippen molar-refractivity contribution in [3.8, 4) is 17.1 Å². The van der Waals surface area contributed by atoms with Crippen LogP contribution >= 0.6 is 23.2 Å². The minimum Gasteiger partial charge on any atom is -0.497 e. The van der Waals surface area contributed by atoms with Crippen LogP contribution in [0, 0.1) is 0 Å². The zero-order valence-electron chi connectivity index (χ0n) is 11.0. The molecule has 0 amide bonds. The SMILES string of the molecule is COc1ccc2c(=O)cc(-c3ccc(Cl)c(Cl)c3)oc2c1. The molecule has 2 aromatic carbocycles. The fourth-order valence-electron chi connectivity index (χ4n) is 2.05. The van der Waals surface area contributed by atoms with Gasteiger partial charge < -0.3 is 9.15 Å². The second-order valence-electron chi connectivity index (χ2n) is 4.47. The maximum atomic E-state index is 12.2. The van der Waals surface area contributed by atoms with Gasteiger partial charge in [0.1, 0.15) is 17.1 Å². The van der Waals surface area contributed by atoms with Crippen LogP contribution in [0.4, 0.5) is 0 Å². The Balaban J connectivity index is 2.23. The van der Waals surface area contributed by atoms with Gasteiger partial charge in [-0.2, -0.15) is 0 Å². The van der Waals surface area contributed by atoms with Gasteiger partial charge in [0.25, 0.3) is 0 Å². The van der Waals surface area contributed by atoms with E-state index in [1.165, 1.54) is 6.07 Å². The molecular formula is C16H10Cl2O3. The summed E-state index contributed by atoms with van der Waals surface area (Å²) in [6, 6.07) is 11.6. The molecule has 0 bridgehead atoms. The van der Waals surface area contributed by atoms with E-state index in [4.69, 9.17) is 32.4 Å². The third-order valence-corrected chi connectivity index (χ3v) is 3.88. The summed E-state index contributed by atoms with van der Waals surface area (Å²) in [6.07, 6.45) is 0. The second kappa shape index (κ2) is 5.43. The summed E-state index contributed by atoms with van der Waals surface area (Å²) in [7, 11) is 1.56. The molecule has 0 aliphatic heterocycles. The van der Waals surface area contributed by atoms with Gasteiger partial charge in [0.05, 0.1) is 22.5 Å². The number of hydrogen-bond donors (Lipinski definition) is 0. The monoisotopic (exact) mass is 320 g/mol. The highest BCUT2D eigenvalue weighted by Crippen LogP contribution is 2.30. The molecule has 0 spiro atoms. The minimum absolute atomic E-state index is 0.125. The molecule has 5 heteroatoms. The first kappa shape index (κ1) is 14.0. The number of benzene rings is 2. The van der Waals surface area contributed by atoms with Crippen LogP contribution < -0.4 is 10.2 Å². The Morgan fingerprint density at radius 1 is 1.00 bits per heavy atom. The smallest absolute Gasteiger partial charge is 0.193 e. The largest absolute Gasteiger partial charge is 0.497 e. The first-order valence-electron chi connectivity index (χ1n) is 6.16. The van der Waals surface area contributed by atoms with Crippen LogP contribution in [-0.2, 0) is 0 Å². The van der Waals surface area contributed by atoms with Gasteiger partial charge in [-0.15, -0.1) is 0 Å². The average Bonchev–Trinajstić information content (AvgIpc) is 2.49. The van der Waals surface area contributed by atoms with E-state index in [9.17, 15) is 4.79 Å². The summed E-state index contributed by atoms with van der Waals surface area (Å²) in [5, 5.41) is 1.35. The fourth-order valence-corrected chi connectivity index (χ4v) is 2.35. The van der Waals surface area contributed by atoms with Gasteiger partial charge in [0, 0.05) is 17.7 Å². The van der Waals surface area contributed by atoms with Crippen molar-refractivity contribution in [2.24, 2.45) is 0 Å². The van der Waals surface area contributed by atoms with Gasteiger partial charge in [-0.3, -0.25) is 4.79 Å². The molecule has 21 heavy (non-hydrogen) atoms. The molecule has 0 fully saturated rings. The zero-order chi connectivity index (χ0) is 15.0. The molecule has 0 atom stereocenters. The van der Waals surface area contributed by atoms with Gasteiger partial charge in [0.2, 0.25) is 0 Å². The van der Waals surface area contributed by atoms with E-state index in [1.54, 1.807) is 43.5 Å². The number of ether oxygens (including phenoxy) is 1. The molecule has 3 rings (SSSR count). The number of rotatable bonds is 2. The summed E-state index contributed by atoms with van der Waals surface area (Å²) >= 11 is 11.9. The van der Waals surface area contributed by atoms with Crippen LogP contribution in [0.1, 0.15) is 0 Å². The maximum absolute atomic E-state index is 12.2. The topological polar surface area (TPSA) is 39.4 Å². The molecule has 0 saturated heterocycles. The van der Waals surface area contributed by atoms with Crippen molar-refractivity contribution >= 4 is 34.2 Å². The Labute approximate surface area is 130 Å². The lowest BCUT2D eigenvalue weighted by Gasteiger charge is -2.06. The van der Waals surface area contributed by atoms with Crippen LogP contribution in [0.3, 0.4) is 0 Å². The summed E-state index contributed by atoms with van der Waals surface area (Å²) in [5.74, 6) is 1.05. The van der Waals surface area contributed by atoms with E-state index in [0.717, 1.165) is 0 Å². The van der Waals surface area contributed by atoms with E-state index in [0.29, 0.717) is 38.1 Å². The highest BCUT2D eigenvalue weighted by atomic mass is 35.5. The molecule has 0 unspecified atom stereocenters. The summed E-state index contributed by atoms with van der Waals surface area (Å²) < 4.78 is 10.9. The molecule has 1 aromatic heterocycles. The highest BCUT2D eigenvalue weighted by Gasteiger charge is 2.09. The quantitative estimate of drug-likeness (QED) is 0.682. The Kier molecular flexibility index (Phi) is 3.62. The molecule has 106 valence electrons. The van der Waals surface area contributed by atoms with Crippen molar-refractivity contribution in [2.75, 3.05) is 7.11 Å². The Bertz CT molecular complexity index is 884. The number of methoxy groups -OCH3 is 1. The van der Waals surface area contributed by atoms with Crippen LogP contribution in [0.2, 0.25) is 10.0 Å². The first-order valence-corrected chi connectivity index (χ1v) is 6.91. The van der Waals surface area contributed by atoms with Gasteiger partial charge in [-0.25, -0.2) is 0 Å². The standard InChI is InChI=1S/C16H10Cl2O3/c1-20-10-3-4-11-14(19)8-15(21-16(11)7-10)9-2-5-12(17)13(18)6-9/h2-8H,1H3. The average molecular weight is 321 g/mol. The summed E-state index contributed by atoms with van der Waals surface area (Å²) in [5.41, 5.74) is 1.02.